The van der Waals surface area contributed by atoms with E-state index >= 15 is 0 Å². The first-order valence-electron chi connectivity index (χ1n) is 2.33. The van der Waals surface area contributed by atoms with Crippen LogP contribution in [0.15, 0.2) is 0 Å². The fraction of sp³-hybridized carbons (Fsp3) is 0.500. The molecular formula is C4H2I2O3S. The predicted molar refractivity (Wildman–Crippen MR) is 53.8 cm³/mol. The van der Waals surface area contributed by atoms with Gasteiger partial charge in [-0.1, -0.05) is 45.2 Å². The molecule has 1 rings (SSSR count). The van der Waals surface area contributed by atoms with E-state index in [1.165, 1.54) is 0 Å². The fourth-order valence-electron chi connectivity index (χ4n) is 0.543. The first kappa shape index (κ1) is 9.20. The molecule has 0 radical (unpaired) electrons. The molecule has 1 saturated heterocycles. The zero-order valence-electron chi connectivity index (χ0n) is 4.54. The van der Waals surface area contributed by atoms with Gasteiger partial charge in [0, 0.05) is 0 Å². The van der Waals surface area contributed by atoms with Crippen molar-refractivity contribution in [3.8, 4) is 0 Å². The van der Waals surface area contributed by atoms with Gasteiger partial charge in [-0.3, -0.25) is 0 Å². The van der Waals surface area contributed by atoms with Crippen LogP contribution in [0.3, 0.4) is 0 Å². The molecule has 0 bridgehead atoms. The van der Waals surface area contributed by atoms with E-state index in [1.807, 2.05) is 45.2 Å². The number of carbonyl (C=O) groups excluding carboxylic acids is 2. The summed E-state index contributed by atoms with van der Waals surface area (Å²) in [5.41, 5.74) is 0. The first-order valence-corrected chi connectivity index (χ1v) is 5.97. The molecule has 3 nitrogen and oxygen atoms in total. The first-order chi connectivity index (χ1) is 4.55. The van der Waals surface area contributed by atoms with E-state index in [2.05, 4.69) is 0 Å². The Labute approximate surface area is 87.8 Å². The average Bonchev–Trinajstić information content (AvgIpc) is 2.07. The molecule has 1 heterocycles. The standard InChI is InChI=1S/C4H2I2O3S/c5-1-2(6)4(8)10(9)3(1)7/h1-2H. The van der Waals surface area contributed by atoms with Gasteiger partial charge >= 0.3 is 10.2 Å². The summed E-state index contributed by atoms with van der Waals surface area (Å²) in [6, 6.07) is 0. The molecule has 0 spiro atoms. The summed E-state index contributed by atoms with van der Waals surface area (Å²) < 4.78 is 9.93. The maximum Gasteiger partial charge on any atom is 0.351 e. The molecule has 2 unspecified atom stereocenters. The Kier molecular flexibility index (Phi) is 2.97. The molecule has 1 aliphatic heterocycles. The van der Waals surface area contributed by atoms with Crippen LogP contribution >= 0.6 is 45.2 Å². The summed E-state index contributed by atoms with van der Waals surface area (Å²) in [5, 5.41) is -0.880. The predicted octanol–water partition coefficient (Wildman–Crippen LogP) is 0.409. The monoisotopic (exact) mass is 384 g/mol. The minimum atomic E-state index is -1.87. The lowest BCUT2D eigenvalue weighted by atomic mass is 10.4. The van der Waals surface area contributed by atoms with E-state index < -0.39 is 29.3 Å². The summed E-state index contributed by atoms with van der Waals surface area (Å²) in [4.78, 5) is 21.6. The third-order valence-electron chi connectivity index (χ3n) is 1.07. The lowest BCUT2D eigenvalue weighted by molar-refractivity contribution is -0.111. The van der Waals surface area contributed by atoms with Crippen LogP contribution in [0, 0.1) is 0 Å². The summed E-state index contributed by atoms with van der Waals surface area (Å²) in [5.74, 6) is 0. The zero-order chi connectivity index (χ0) is 7.89. The summed E-state index contributed by atoms with van der Waals surface area (Å²) in [6.07, 6.45) is 0. The van der Waals surface area contributed by atoms with Crippen LogP contribution in [-0.2, 0) is 20.8 Å². The lowest BCUT2D eigenvalue weighted by Crippen LogP contribution is -2.15. The third-order valence-corrected chi connectivity index (χ3v) is 7.10. The molecule has 0 aromatic carbocycles. The SMILES string of the molecule is O=C1C(I)C(I)C(=O)[S+]1[O-]. The van der Waals surface area contributed by atoms with Crippen molar-refractivity contribution < 1.29 is 14.1 Å². The molecule has 10 heavy (non-hydrogen) atoms. The smallest absolute Gasteiger partial charge is 0.351 e. The van der Waals surface area contributed by atoms with Crippen molar-refractivity contribution in [3.63, 3.8) is 0 Å². The Morgan fingerprint density at radius 1 is 1.20 bits per heavy atom. The minimum Gasteiger partial charge on any atom is -0.602 e. The van der Waals surface area contributed by atoms with Gasteiger partial charge in [0.1, 0.15) is 19.0 Å². The summed E-state index contributed by atoms with van der Waals surface area (Å²) in [7, 11) is 0. The van der Waals surface area contributed by atoms with Crippen LogP contribution in [0.25, 0.3) is 0 Å². The summed E-state index contributed by atoms with van der Waals surface area (Å²) >= 11 is 1.82. The number of halogens is 2. The molecule has 0 amide bonds. The highest BCUT2D eigenvalue weighted by molar-refractivity contribution is 14.1. The Balaban J connectivity index is 2.89. The Morgan fingerprint density at radius 2 is 1.50 bits per heavy atom. The van der Waals surface area contributed by atoms with E-state index in [9.17, 15) is 14.1 Å². The van der Waals surface area contributed by atoms with Crippen molar-refractivity contribution in [2.75, 3.05) is 0 Å². The highest BCUT2D eigenvalue weighted by atomic mass is 127. The van der Waals surface area contributed by atoms with Crippen LogP contribution in [0.5, 0.6) is 0 Å². The van der Waals surface area contributed by atoms with Gasteiger partial charge < -0.3 is 4.55 Å². The quantitative estimate of drug-likeness (QED) is 0.346. The minimum absolute atomic E-state index is 0.397. The summed E-state index contributed by atoms with van der Waals surface area (Å²) in [6.45, 7) is 0. The van der Waals surface area contributed by atoms with E-state index in [1.54, 1.807) is 0 Å². The zero-order valence-corrected chi connectivity index (χ0v) is 9.68. The van der Waals surface area contributed by atoms with E-state index in [0.29, 0.717) is 0 Å². The average molecular weight is 384 g/mol. The molecule has 0 aromatic heterocycles. The lowest BCUT2D eigenvalue weighted by Gasteiger charge is -1.92. The van der Waals surface area contributed by atoms with Gasteiger partial charge in [-0.05, 0) is 0 Å². The second-order valence-corrected chi connectivity index (χ2v) is 5.74. The maximum absolute atomic E-state index is 10.8. The van der Waals surface area contributed by atoms with Gasteiger partial charge in [0.2, 0.25) is 0 Å². The van der Waals surface area contributed by atoms with Gasteiger partial charge in [0.15, 0.2) is 0 Å². The molecule has 6 heteroatoms. The van der Waals surface area contributed by atoms with Crippen molar-refractivity contribution >= 4 is 66.6 Å². The highest BCUT2D eigenvalue weighted by Crippen LogP contribution is 2.29. The van der Waals surface area contributed by atoms with Crippen molar-refractivity contribution in [2.24, 2.45) is 0 Å². The van der Waals surface area contributed by atoms with Gasteiger partial charge in [-0.2, -0.15) is 0 Å². The molecule has 0 saturated carbocycles. The van der Waals surface area contributed by atoms with Crippen molar-refractivity contribution in [1.82, 2.24) is 0 Å². The van der Waals surface area contributed by atoms with Crippen molar-refractivity contribution in [3.05, 3.63) is 0 Å². The van der Waals surface area contributed by atoms with Crippen LogP contribution in [0.2, 0.25) is 0 Å². The van der Waals surface area contributed by atoms with E-state index in [0.717, 1.165) is 0 Å². The second-order valence-electron chi connectivity index (χ2n) is 1.71. The molecule has 1 fully saturated rings. The number of carbonyl (C=O) groups is 2. The van der Waals surface area contributed by atoms with E-state index in [-0.39, 0.29) is 0 Å². The second kappa shape index (κ2) is 3.23. The van der Waals surface area contributed by atoms with Crippen LogP contribution in [0.4, 0.5) is 0 Å². The normalized spacial score (nSPS) is 40.9. The Morgan fingerprint density at radius 3 is 1.60 bits per heavy atom. The third kappa shape index (κ3) is 1.34. The molecule has 0 aromatic rings. The maximum atomic E-state index is 10.8. The molecular weight excluding hydrogens is 382 g/mol. The number of alkyl halides is 2. The van der Waals surface area contributed by atoms with Crippen molar-refractivity contribution in [2.45, 2.75) is 7.85 Å². The van der Waals surface area contributed by atoms with Gasteiger partial charge in [-0.15, -0.1) is 0 Å². The van der Waals surface area contributed by atoms with Gasteiger partial charge in [0.05, 0.1) is 0 Å². The molecule has 1 aliphatic rings. The van der Waals surface area contributed by atoms with Crippen LogP contribution < -0.4 is 0 Å². The molecule has 0 aliphatic carbocycles. The van der Waals surface area contributed by atoms with E-state index in [4.69, 9.17) is 0 Å². The Bertz CT molecular complexity index is 175. The Hall–Kier alpha value is 1.11. The van der Waals surface area contributed by atoms with Crippen LogP contribution in [-0.4, -0.2) is 22.6 Å². The van der Waals surface area contributed by atoms with Crippen molar-refractivity contribution in [1.29, 1.82) is 0 Å². The molecule has 2 atom stereocenters. The molecule has 0 N–H and O–H groups in total. The van der Waals surface area contributed by atoms with Gasteiger partial charge in [-0.25, -0.2) is 9.59 Å². The topological polar surface area (TPSA) is 57.2 Å². The largest absolute Gasteiger partial charge is 0.602 e. The van der Waals surface area contributed by atoms with Crippen LogP contribution in [0.1, 0.15) is 0 Å². The highest BCUT2D eigenvalue weighted by Gasteiger charge is 2.52. The fourth-order valence-corrected chi connectivity index (χ4v) is 3.95. The number of hydrogen-bond acceptors (Lipinski definition) is 3. The number of rotatable bonds is 0. The molecule has 56 valence electrons. The van der Waals surface area contributed by atoms with Gasteiger partial charge in [0.25, 0.3) is 0 Å². The number of hydrogen-bond donors (Lipinski definition) is 0.